The normalized spacial score (nSPS) is 10.5. The Hall–Kier alpha value is -2.30. The second-order valence-corrected chi connectivity index (χ2v) is 6.20. The molecule has 3 rings (SSSR count). The number of rotatable bonds is 5. The molecule has 0 fully saturated rings. The van der Waals surface area contributed by atoms with Crippen molar-refractivity contribution in [3.05, 3.63) is 75.9 Å². The quantitative estimate of drug-likeness (QED) is 0.636. The number of nitrogens with zero attached hydrogens (tertiary/aromatic N) is 2. The maximum Gasteiger partial charge on any atom is 0.229 e. The Bertz CT molecular complexity index is 835. The summed E-state index contributed by atoms with van der Waals surface area (Å²) in [6, 6.07) is 15.2. The van der Waals surface area contributed by atoms with E-state index < -0.39 is 0 Å². The molecular formula is C18H16Cl2N4. The molecule has 0 atom stereocenters. The van der Waals surface area contributed by atoms with E-state index in [1.807, 2.05) is 55.5 Å². The van der Waals surface area contributed by atoms with Crippen LogP contribution in [0.1, 0.15) is 11.1 Å². The molecule has 2 aromatic carbocycles. The number of aromatic nitrogens is 2. The number of aryl methyl sites for hydroxylation is 1. The van der Waals surface area contributed by atoms with Gasteiger partial charge in [-0.2, -0.15) is 4.98 Å². The highest BCUT2D eigenvalue weighted by Gasteiger charge is 2.03. The van der Waals surface area contributed by atoms with Crippen LogP contribution in [0.3, 0.4) is 0 Å². The van der Waals surface area contributed by atoms with Crippen LogP contribution >= 0.6 is 23.2 Å². The number of anilines is 3. The third-order valence-electron chi connectivity index (χ3n) is 3.48. The second-order valence-electron chi connectivity index (χ2n) is 5.33. The Balaban J connectivity index is 1.68. The van der Waals surface area contributed by atoms with Gasteiger partial charge in [0.05, 0.1) is 0 Å². The Morgan fingerprint density at radius 2 is 1.71 bits per heavy atom. The molecule has 0 aliphatic rings. The van der Waals surface area contributed by atoms with E-state index in [4.69, 9.17) is 23.2 Å². The molecule has 0 radical (unpaired) electrons. The highest BCUT2D eigenvalue weighted by Crippen LogP contribution is 2.22. The third-order valence-corrected chi connectivity index (χ3v) is 3.96. The SMILES string of the molecule is Cc1cc(Cl)ccc1Nc1nccc(NCc2ccc(Cl)cc2)n1. The van der Waals surface area contributed by atoms with Crippen LogP contribution in [0.25, 0.3) is 0 Å². The van der Waals surface area contributed by atoms with E-state index >= 15 is 0 Å². The summed E-state index contributed by atoms with van der Waals surface area (Å²) in [6.45, 7) is 2.64. The first kappa shape index (κ1) is 16.6. The molecule has 0 unspecified atom stereocenters. The van der Waals surface area contributed by atoms with Crippen molar-refractivity contribution in [2.45, 2.75) is 13.5 Å². The molecule has 0 spiro atoms. The molecule has 3 aromatic rings. The van der Waals surface area contributed by atoms with Crippen molar-refractivity contribution in [2.75, 3.05) is 10.6 Å². The fourth-order valence-corrected chi connectivity index (χ4v) is 2.55. The van der Waals surface area contributed by atoms with Gasteiger partial charge < -0.3 is 10.6 Å². The standard InChI is InChI=1S/C18H16Cl2N4/c1-12-10-15(20)6-7-16(12)23-18-21-9-8-17(24-18)22-11-13-2-4-14(19)5-3-13/h2-10H,11H2,1H3,(H2,21,22,23,24). The predicted molar refractivity (Wildman–Crippen MR) is 100 cm³/mol. The summed E-state index contributed by atoms with van der Waals surface area (Å²) in [7, 11) is 0. The summed E-state index contributed by atoms with van der Waals surface area (Å²) in [6.07, 6.45) is 1.71. The number of hydrogen-bond acceptors (Lipinski definition) is 4. The molecule has 1 heterocycles. The molecule has 0 aliphatic carbocycles. The number of hydrogen-bond donors (Lipinski definition) is 2. The van der Waals surface area contributed by atoms with Gasteiger partial charge in [0.15, 0.2) is 0 Å². The van der Waals surface area contributed by atoms with Crippen molar-refractivity contribution in [1.29, 1.82) is 0 Å². The zero-order valence-corrected chi connectivity index (χ0v) is 14.6. The summed E-state index contributed by atoms with van der Waals surface area (Å²) in [5, 5.41) is 7.92. The second kappa shape index (κ2) is 7.51. The first-order valence-electron chi connectivity index (χ1n) is 7.45. The van der Waals surface area contributed by atoms with Crippen LogP contribution in [0.4, 0.5) is 17.5 Å². The lowest BCUT2D eigenvalue weighted by atomic mass is 10.2. The van der Waals surface area contributed by atoms with Crippen molar-refractivity contribution in [1.82, 2.24) is 9.97 Å². The van der Waals surface area contributed by atoms with E-state index in [0.717, 1.165) is 27.7 Å². The fraction of sp³-hybridized carbons (Fsp3) is 0.111. The van der Waals surface area contributed by atoms with Crippen LogP contribution in [0.15, 0.2) is 54.7 Å². The van der Waals surface area contributed by atoms with Crippen molar-refractivity contribution in [3.63, 3.8) is 0 Å². The van der Waals surface area contributed by atoms with Crippen molar-refractivity contribution >= 4 is 40.7 Å². The van der Waals surface area contributed by atoms with Crippen molar-refractivity contribution in [3.8, 4) is 0 Å². The molecule has 6 heteroatoms. The first-order valence-corrected chi connectivity index (χ1v) is 8.20. The lowest BCUT2D eigenvalue weighted by Gasteiger charge is -2.10. The minimum absolute atomic E-state index is 0.529. The minimum atomic E-state index is 0.529. The molecule has 2 N–H and O–H groups in total. The molecule has 0 saturated carbocycles. The summed E-state index contributed by atoms with van der Waals surface area (Å²) >= 11 is 11.9. The number of halogens is 2. The molecule has 122 valence electrons. The summed E-state index contributed by atoms with van der Waals surface area (Å²) < 4.78 is 0. The van der Waals surface area contributed by atoms with Gasteiger partial charge in [-0.25, -0.2) is 4.98 Å². The van der Waals surface area contributed by atoms with Gasteiger partial charge >= 0.3 is 0 Å². The molecule has 1 aromatic heterocycles. The van der Waals surface area contributed by atoms with Crippen molar-refractivity contribution < 1.29 is 0 Å². The smallest absolute Gasteiger partial charge is 0.229 e. The van der Waals surface area contributed by atoms with Crippen molar-refractivity contribution in [2.24, 2.45) is 0 Å². The molecule has 24 heavy (non-hydrogen) atoms. The molecule has 0 bridgehead atoms. The van der Waals surface area contributed by atoms with Crippen LogP contribution in [-0.4, -0.2) is 9.97 Å². The van der Waals surface area contributed by atoms with Gasteiger partial charge in [-0.05, 0) is 54.4 Å². The topological polar surface area (TPSA) is 49.8 Å². The van der Waals surface area contributed by atoms with Crippen LogP contribution in [0.5, 0.6) is 0 Å². The van der Waals surface area contributed by atoms with E-state index in [2.05, 4.69) is 20.6 Å². The van der Waals surface area contributed by atoms with E-state index in [1.54, 1.807) is 6.20 Å². The molecule has 0 amide bonds. The van der Waals surface area contributed by atoms with Gasteiger partial charge in [-0.15, -0.1) is 0 Å². The zero-order valence-electron chi connectivity index (χ0n) is 13.1. The van der Waals surface area contributed by atoms with Gasteiger partial charge in [0.1, 0.15) is 5.82 Å². The highest BCUT2D eigenvalue weighted by molar-refractivity contribution is 6.30. The lowest BCUT2D eigenvalue weighted by molar-refractivity contribution is 1.08. The summed E-state index contributed by atoms with van der Waals surface area (Å²) in [5.41, 5.74) is 3.08. The van der Waals surface area contributed by atoms with E-state index in [0.29, 0.717) is 17.5 Å². The average molecular weight is 359 g/mol. The Morgan fingerprint density at radius 1 is 0.958 bits per heavy atom. The average Bonchev–Trinajstić information content (AvgIpc) is 2.57. The van der Waals surface area contributed by atoms with E-state index in [1.165, 1.54) is 0 Å². The maximum absolute atomic E-state index is 5.98. The number of nitrogens with one attached hydrogen (secondary N) is 2. The Labute approximate surface area is 150 Å². The van der Waals surface area contributed by atoms with Crippen LogP contribution in [0.2, 0.25) is 10.0 Å². The molecule has 0 aliphatic heterocycles. The van der Waals surface area contributed by atoms with Crippen LogP contribution in [-0.2, 0) is 6.54 Å². The molecule has 4 nitrogen and oxygen atoms in total. The summed E-state index contributed by atoms with van der Waals surface area (Å²) in [5.74, 6) is 1.27. The summed E-state index contributed by atoms with van der Waals surface area (Å²) in [4.78, 5) is 8.72. The van der Waals surface area contributed by atoms with Crippen LogP contribution < -0.4 is 10.6 Å². The van der Waals surface area contributed by atoms with Gasteiger partial charge in [0.25, 0.3) is 0 Å². The molecule has 0 saturated heterocycles. The van der Waals surface area contributed by atoms with Crippen LogP contribution in [0, 0.1) is 6.92 Å². The fourth-order valence-electron chi connectivity index (χ4n) is 2.20. The monoisotopic (exact) mass is 358 g/mol. The first-order chi connectivity index (χ1) is 11.6. The van der Waals surface area contributed by atoms with Gasteiger partial charge in [0, 0.05) is 28.5 Å². The van der Waals surface area contributed by atoms with Gasteiger partial charge in [-0.1, -0.05) is 35.3 Å². The number of benzene rings is 2. The zero-order chi connectivity index (χ0) is 16.9. The predicted octanol–water partition coefficient (Wildman–Crippen LogP) is 5.45. The largest absolute Gasteiger partial charge is 0.366 e. The lowest BCUT2D eigenvalue weighted by Crippen LogP contribution is -2.04. The van der Waals surface area contributed by atoms with Gasteiger partial charge in [-0.3, -0.25) is 0 Å². The Morgan fingerprint density at radius 3 is 2.46 bits per heavy atom. The highest BCUT2D eigenvalue weighted by atomic mass is 35.5. The minimum Gasteiger partial charge on any atom is -0.366 e. The Kier molecular flexibility index (Phi) is 5.18. The van der Waals surface area contributed by atoms with E-state index in [-0.39, 0.29) is 0 Å². The molecular weight excluding hydrogens is 343 g/mol. The maximum atomic E-state index is 5.98. The van der Waals surface area contributed by atoms with Gasteiger partial charge in [0.2, 0.25) is 5.95 Å². The third kappa shape index (κ3) is 4.37. The van der Waals surface area contributed by atoms with E-state index in [9.17, 15) is 0 Å².